The first-order valence-electron chi connectivity index (χ1n) is 6.25. The minimum absolute atomic E-state index is 0.826. The van der Waals surface area contributed by atoms with Crippen molar-refractivity contribution >= 4 is 23.5 Å². The lowest BCUT2D eigenvalue weighted by Crippen LogP contribution is -2.30. The Morgan fingerprint density at radius 1 is 1.29 bits per heavy atom. The van der Waals surface area contributed by atoms with Gasteiger partial charge < -0.3 is 5.32 Å². The summed E-state index contributed by atoms with van der Waals surface area (Å²) in [5.41, 5.74) is 1.54. The number of benzene rings is 1. The molecule has 0 bridgehead atoms. The van der Waals surface area contributed by atoms with Crippen LogP contribution in [0.5, 0.6) is 0 Å². The van der Waals surface area contributed by atoms with Crippen molar-refractivity contribution in [1.82, 2.24) is 5.32 Å². The van der Waals surface area contributed by atoms with E-state index in [1.165, 1.54) is 47.7 Å². The third-order valence-electron chi connectivity index (χ3n) is 3.39. The van der Waals surface area contributed by atoms with Gasteiger partial charge in [-0.3, -0.25) is 0 Å². The number of piperidine rings is 1. The Morgan fingerprint density at radius 3 is 2.82 bits per heavy atom. The molecule has 0 amide bonds. The van der Waals surface area contributed by atoms with E-state index in [-0.39, 0.29) is 0 Å². The van der Waals surface area contributed by atoms with Gasteiger partial charge in [-0.2, -0.15) is 0 Å². The van der Waals surface area contributed by atoms with Gasteiger partial charge in [0.1, 0.15) is 0 Å². The summed E-state index contributed by atoms with van der Waals surface area (Å²) in [6.07, 6.45) is 8.31. The fourth-order valence-corrected chi connectivity index (χ4v) is 4.24. The molecule has 1 saturated heterocycles. The van der Waals surface area contributed by atoms with Gasteiger partial charge in [-0.05, 0) is 62.4 Å². The maximum atomic E-state index is 3.51. The normalized spacial score (nSPS) is 20.5. The first-order chi connectivity index (χ1) is 8.35. The van der Waals surface area contributed by atoms with Crippen LogP contribution in [-0.2, 0) is 6.42 Å². The number of hydrogen-bond acceptors (Lipinski definition) is 3. The molecule has 1 atom stereocenters. The van der Waals surface area contributed by atoms with Crippen molar-refractivity contribution < 1.29 is 0 Å². The fourth-order valence-electron chi connectivity index (χ4n) is 2.52. The van der Waals surface area contributed by atoms with E-state index < -0.39 is 0 Å². The molecule has 0 radical (unpaired) electrons. The Hall–Kier alpha value is -0.120. The number of thioether (sulfide) groups is 2. The van der Waals surface area contributed by atoms with Gasteiger partial charge in [-0.15, -0.1) is 23.5 Å². The number of hydrogen-bond donors (Lipinski definition) is 1. The lowest BCUT2D eigenvalue weighted by Gasteiger charge is -2.24. The maximum Gasteiger partial charge on any atom is 0.0237 e. The second kappa shape index (κ2) is 6.72. The molecule has 1 aliphatic rings. The highest BCUT2D eigenvalue weighted by Gasteiger charge is 2.16. The lowest BCUT2D eigenvalue weighted by molar-refractivity contribution is 0.374. The summed E-state index contributed by atoms with van der Waals surface area (Å²) >= 11 is 3.75. The minimum atomic E-state index is 0.826. The summed E-state index contributed by atoms with van der Waals surface area (Å²) in [6, 6.07) is 6.75. The Balaban J connectivity index is 2.13. The molecule has 1 aromatic rings. The molecule has 1 fully saturated rings. The highest BCUT2D eigenvalue weighted by Crippen LogP contribution is 2.33. The Labute approximate surface area is 113 Å². The quantitative estimate of drug-likeness (QED) is 0.836. The Bertz CT molecular complexity index is 359. The van der Waals surface area contributed by atoms with Crippen LogP contribution in [-0.4, -0.2) is 25.6 Å². The highest BCUT2D eigenvalue weighted by molar-refractivity contribution is 8.01. The average molecular weight is 267 g/mol. The van der Waals surface area contributed by atoms with Gasteiger partial charge in [0.2, 0.25) is 0 Å². The van der Waals surface area contributed by atoms with Crippen molar-refractivity contribution in [1.29, 1.82) is 0 Å². The van der Waals surface area contributed by atoms with Crippen LogP contribution < -0.4 is 5.32 Å². The van der Waals surface area contributed by atoms with Crippen LogP contribution in [0.2, 0.25) is 0 Å². The van der Waals surface area contributed by atoms with E-state index in [0.717, 1.165) is 5.92 Å². The van der Waals surface area contributed by atoms with E-state index in [1.54, 1.807) is 0 Å². The van der Waals surface area contributed by atoms with E-state index in [1.807, 2.05) is 23.5 Å². The number of rotatable bonds is 4. The Kier molecular flexibility index (Phi) is 5.26. The summed E-state index contributed by atoms with van der Waals surface area (Å²) in [6.45, 7) is 2.40. The SMILES string of the molecule is CSc1cccc(CC2CCCNC2)c1SC. The molecule has 2 rings (SSSR count). The monoisotopic (exact) mass is 267 g/mol. The molecule has 1 aromatic carbocycles. The smallest absolute Gasteiger partial charge is 0.0237 e. The molecule has 1 nitrogen and oxygen atoms in total. The molecule has 0 aromatic heterocycles. The molecular formula is C14H21NS2. The van der Waals surface area contributed by atoms with Crippen molar-refractivity contribution in [3.05, 3.63) is 23.8 Å². The van der Waals surface area contributed by atoms with Crippen molar-refractivity contribution in [2.45, 2.75) is 29.1 Å². The topological polar surface area (TPSA) is 12.0 Å². The van der Waals surface area contributed by atoms with E-state index in [4.69, 9.17) is 0 Å². The molecule has 94 valence electrons. The van der Waals surface area contributed by atoms with Crippen molar-refractivity contribution in [3.63, 3.8) is 0 Å². The van der Waals surface area contributed by atoms with Crippen LogP contribution >= 0.6 is 23.5 Å². The van der Waals surface area contributed by atoms with Gasteiger partial charge in [0.25, 0.3) is 0 Å². The largest absolute Gasteiger partial charge is 0.316 e. The van der Waals surface area contributed by atoms with Gasteiger partial charge in [0, 0.05) is 9.79 Å². The summed E-state index contributed by atoms with van der Waals surface area (Å²) in [7, 11) is 0. The molecule has 1 unspecified atom stereocenters. The van der Waals surface area contributed by atoms with Crippen LogP contribution in [0.1, 0.15) is 18.4 Å². The van der Waals surface area contributed by atoms with Crippen LogP contribution in [0.3, 0.4) is 0 Å². The summed E-state index contributed by atoms with van der Waals surface area (Å²) < 4.78 is 0. The van der Waals surface area contributed by atoms with Crippen LogP contribution in [0, 0.1) is 5.92 Å². The zero-order valence-corrected chi connectivity index (χ0v) is 12.3. The first-order valence-corrected chi connectivity index (χ1v) is 8.70. The van der Waals surface area contributed by atoms with E-state index in [9.17, 15) is 0 Å². The molecule has 17 heavy (non-hydrogen) atoms. The molecular weight excluding hydrogens is 246 g/mol. The van der Waals surface area contributed by atoms with Crippen molar-refractivity contribution in [3.8, 4) is 0 Å². The third-order valence-corrected chi connectivity index (χ3v) is 5.19. The molecule has 1 N–H and O–H groups in total. The molecule has 0 aliphatic carbocycles. The van der Waals surface area contributed by atoms with E-state index in [2.05, 4.69) is 36.0 Å². The summed E-state index contributed by atoms with van der Waals surface area (Å²) in [5.74, 6) is 0.826. The summed E-state index contributed by atoms with van der Waals surface area (Å²) in [4.78, 5) is 2.92. The van der Waals surface area contributed by atoms with Crippen molar-refractivity contribution in [2.75, 3.05) is 25.6 Å². The fraction of sp³-hybridized carbons (Fsp3) is 0.571. The maximum absolute atomic E-state index is 3.51. The predicted octanol–water partition coefficient (Wildman–Crippen LogP) is 3.67. The molecule has 0 saturated carbocycles. The lowest BCUT2D eigenvalue weighted by atomic mass is 9.92. The highest BCUT2D eigenvalue weighted by atomic mass is 32.2. The zero-order chi connectivity index (χ0) is 12.1. The zero-order valence-electron chi connectivity index (χ0n) is 10.7. The minimum Gasteiger partial charge on any atom is -0.316 e. The van der Waals surface area contributed by atoms with Gasteiger partial charge in [-0.25, -0.2) is 0 Å². The van der Waals surface area contributed by atoms with Crippen LogP contribution in [0.4, 0.5) is 0 Å². The number of nitrogens with one attached hydrogen (secondary N) is 1. The van der Waals surface area contributed by atoms with Gasteiger partial charge in [0.05, 0.1) is 0 Å². The standard InChI is InChI=1S/C14H21NS2/c1-16-13-7-3-6-12(14(13)17-2)9-11-5-4-8-15-10-11/h3,6-7,11,15H,4-5,8-10H2,1-2H3. The first kappa shape index (κ1) is 13.3. The van der Waals surface area contributed by atoms with Crippen molar-refractivity contribution in [2.24, 2.45) is 5.92 Å². The third kappa shape index (κ3) is 3.43. The predicted molar refractivity (Wildman–Crippen MR) is 79.3 cm³/mol. The molecule has 1 heterocycles. The van der Waals surface area contributed by atoms with E-state index >= 15 is 0 Å². The second-order valence-electron chi connectivity index (χ2n) is 4.57. The summed E-state index contributed by atoms with van der Waals surface area (Å²) in [5, 5.41) is 3.51. The molecule has 0 spiro atoms. The van der Waals surface area contributed by atoms with E-state index in [0.29, 0.717) is 0 Å². The van der Waals surface area contributed by atoms with Gasteiger partial charge in [0.15, 0.2) is 0 Å². The van der Waals surface area contributed by atoms with Gasteiger partial charge in [-0.1, -0.05) is 12.1 Å². The average Bonchev–Trinajstić information content (AvgIpc) is 2.39. The Morgan fingerprint density at radius 2 is 2.18 bits per heavy atom. The van der Waals surface area contributed by atoms with Gasteiger partial charge >= 0.3 is 0 Å². The second-order valence-corrected chi connectivity index (χ2v) is 6.23. The van der Waals surface area contributed by atoms with Crippen LogP contribution in [0.15, 0.2) is 28.0 Å². The molecule has 1 aliphatic heterocycles. The van der Waals surface area contributed by atoms with Crippen LogP contribution in [0.25, 0.3) is 0 Å². The molecule has 3 heteroatoms.